The molecule has 3 heterocycles. The van der Waals surface area contributed by atoms with Crippen molar-refractivity contribution in [2.24, 2.45) is 0 Å². The molecule has 0 aliphatic carbocycles. The van der Waals surface area contributed by atoms with E-state index >= 15 is 0 Å². The van der Waals surface area contributed by atoms with Crippen molar-refractivity contribution in [1.29, 1.82) is 0 Å². The Hall–Kier alpha value is -2.17. The summed E-state index contributed by atoms with van der Waals surface area (Å²) in [5.41, 5.74) is 2.33. The summed E-state index contributed by atoms with van der Waals surface area (Å²) in [4.78, 5) is 24.7. The SMILES string of the molecule is Cc1csc(N2CCCN(C(=O)c3cc(S(=O)(=O)N(C)C)ccc3N3CCCC3)CC2)n1. The Morgan fingerprint density at radius 1 is 1.00 bits per heavy atom. The van der Waals surface area contributed by atoms with Crippen molar-refractivity contribution in [3.8, 4) is 0 Å². The third-order valence-corrected chi connectivity index (χ3v) is 8.91. The van der Waals surface area contributed by atoms with Crippen molar-refractivity contribution in [2.45, 2.75) is 31.1 Å². The van der Waals surface area contributed by atoms with E-state index in [2.05, 4.69) is 14.8 Å². The maximum atomic E-state index is 13.7. The van der Waals surface area contributed by atoms with E-state index in [1.165, 1.54) is 18.4 Å². The first-order valence-electron chi connectivity index (χ1n) is 11.1. The standard InChI is InChI=1S/C22H31N5O3S2/c1-17-16-31-22(23-17)27-12-6-11-26(13-14-27)21(28)19-15-18(32(29,30)24(2)3)7-8-20(19)25-9-4-5-10-25/h7-8,15-16H,4-6,9-14H2,1-3H3. The molecule has 0 spiro atoms. The van der Waals surface area contributed by atoms with Crippen molar-refractivity contribution in [1.82, 2.24) is 14.2 Å². The van der Waals surface area contributed by atoms with Gasteiger partial charge in [-0.05, 0) is 44.4 Å². The molecule has 0 radical (unpaired) electrons. The Morgan fingerprint density at radius 3 is 2.38 bits per heavy atom. The second-order valence-corrected chi connectivity index (χ2v) is 11.6. The van der Waals surface area contributed by atoms with Crippen LogP contribution in [0.2, 0.25) is 0 Å². The predicted octanol–water partition coefficient (Wildman–Crippen LogP) is 2.65. The van der Waals surface area contributed by atoms with Crippen molar-refractivity contribution in [3.05, 3.63) is 34.8 Å². The summed E-state index contributed by atoms with van der Waals surface area (Å²) in [5.74, 6) is -0.0973. The molecule has 174 valence electrons. The number of hydrogen-bond donors (Lipinski definition) is 0. The highest BCUT2D eigenvalue weighted by Gasteiger charge is 2.28. The summed E-state index contributed by atoms with van der Waals surface area (Å²) in [6, 6.07) is 4.99. The number of aryl methyl sites for hydroxylation is 1. The summed E-state index contributed by atoms with van der Waals surface area (Å²) in [6.45, 7) is 6.56. The van der Waals surface area contributed by atoms with Crippen LogP contribution < -0.4 is 9.80 Å². The lowest BCUT2D eigenvalue weighted by molar-refractivity contribution is 0.0767. The van der Waals surface area contributed by atoms with Gasteiger partial charge < -0.3 is 14.7 Å². The highest BCUT2D eigenvalue weighted by Crippen LogP contribution is 2.30. The molecule has 2 aromatic rings. The zero-order valence-electron chi connectivity index (χ0n) is 19.0. The number of carbonyl (C=O) groups excluding carboxylic acids is 1. The van der Waals surface area contributed by atoms with Crippen molar-refractivity contribution in [3.63, 3.8) is 0 Å². The lowest BCUT2D eigenvalue weighted by Gasteiger charge is -2.26. The minimum absolute atomic E-state index is 0.0973. The number of benzene rings is 1. The number of nitrogens with zero attached hydrogens (tertiary/aromatic N) is 5. The highest BCUT2D eigenvalue weighted by molar-refractivity contribution is 7.89. The third kappa shape index (κ3) is 4.62. The smallest absolute Gasteiger partial charge is 0.256 e. The Kier molecular flexibility index (Phi) is 6.73. The molecule has 10 heteroatoms. The molecule has 0 unspecified atom stereocenters. The van der Waals surface area contributed by atoms with Crippen LogP contribution in [0.15, 0.2) is 28.5 Å². The van der Waals surface area contributed by atoms with E-state index in [9.17, 15) is 13.2 Å². The van der Waals surface area contributed by atoms with Crippen LogP contribution in [-0.4, -0.2) is 81.9 Å². The molecular formula is C22H31N5O3S2. The molecule has 0 bridgehead atoms. The maximum absolute atomic E-state index is 13.7. The number of carbonyl (C=O) groups is 1. The Bertz CT molecular complexity index is 1080. The largest absolute Gasteiger partial charge is 0.371 e. The molecule has 0 atom stereocenters. The van der Waals surface area contributed by atoms with Crippen LogP contribution in [-0.2, 0) is 10.0 Å². The zero-order valence-corrected chi connectivity index (χ0v) is 20.6. The molecule has 1 aromatic heterocycles. The van der Waals surface area contributed by atoms with Crippen LogP contribution in [0.1, 0.15) is 35.3 Å². The summed E-state index contributed by atoms with van der Waals surface area (Å²) < 4.78 is 26.7. The second-order valence-electron chi connectivity index (χ2n) is 8.56. The topological polar surface area (TPSA) is 77.1 Å². The van der Waals surface area contributed by atoms with Gasteiger partial charge in [-0.15, -0.1) is 11.3 Å². The Morgan fingerprint density at radius 2 is 1.72 bits per heavy atom. The van der Waals surface area contributed by atoms with Gasteiger partial charge in [-0.25, -0.2) is 17.7 Å². The summed E-state index contributed by atoms with van der Waals surface area (Å²) in [6.07, 6.45) is 3.01. The lowest BCUT2D eigenvalue weighted by atomic mass is 10.1. The van der Waals surface area contributed by atoms with Gasteiger partial charge in [0.05, 0.1) is 16.2 Å². The lowest BCUT2D eigenvalue weighted by Crippen LogP contribution is -2.36. The van der Waals surface area contributed by atoms with Gasteiger partial charge in [0.25, 0.3) is 5.91 Å². The minimum atomic E-state index is -3.62. The van der Waals surface area contributed by atoms with Crippen LogP contribution in [0.4, 0.5) is 10.8 Å². The molecule has 32 heavy (non-hydrogen) atoms. The van der Waals surface area contributed by atoms with E-state index < -0.39 is 10.0 Å². The molecule has 4 rings (SSSR count). The second kappa shape index (κ2) is 9.36. The first-order chi connectivity index (χ1) is 15.3. The number of hydrogen-bond acceptors (Lipinski definition) is 7. The van der Waals surface area contributed by atoms with Crippen LogP contribution in [0.3, 0.4) is 0 Å². The van der Waals surface area contributed by atoms with Gasteiger partial charge in [0, 0.05) is 64.4 Å². The first kappa shape index (κ1) is 23.0. The van der Waals surface area contributed by atoms with Crippen molar-refractivity contribution in [2.75, 3.05) is 63.2 Å². The summed E-state index contributed by atoms with van der Waals surface area (Å²) in [7, 11) is -0.607. The number of aromatic nitrogens is 1. The fourth-order valence-corrected chi connectivity index (χ4v) is 6.05. The average molecular weight is 478 g/mol. The number of anilines is 2. The fourth-order valence-electron chi connectivity index (χ4n) is 4.26. The van der Waals surface area contributed by atoms with E-state index in [4.69, 9.17) is 0 Å². The number of amides is 1. The van der Waals surface area contributed by atoms with Gasteiger partial charge in [0.1, 0.15) is 0 Å². The van der Waals surface area contributed by atoms with Gasteiger partial charge in [-0.1, -0.05) is 0 Å². The molecule has 2 aliphatic rings. The van der Waals surface area contributed by atoms with Gasteiger partial charge in [-0.3, -0.25) is 4.79 Å². The molecular weight excluding hydrogens is 446 g/mol. The normalized spacial score (nSPS) is 17.8. The molecule has 2 fully saturated rings. The zero-order chi connectivity index (χ0) is 22.9. The molecule has 2 aliphatic heterocycles. The summed E-state index contributed by atoms with van der Waals surface area (Å²) >= 11 is 1.63. The van der Waals surface area contributed by atoms with Crippen LogP contribution in [0.25, 0.3) is 0 Å². The molecule has 1 amide bonds. The molecule has 8 nitrogen and oxygen atoms in total. The predicted molar refractivity (Wildman–Crippen MR) is 128 cm³/mol. The van der Waals surface area contributed by atoms with Gasteiger partial charge in [-0.2, -0.15) is 0 Å². The maximum Gasteiger partial charge on any atom is 0.256 e. The van der Waals surface area contributed by atoms with E-state index in [1.54, 1.807) is 29.5 Å². The van der Waals surface area contributed by atoms with E-state index in [0.29, 0.717) is 25.2 Å². The van der Waals surface area contributed by atoms with E-state index in [-0.39, 0.29) is 10.8 Å². The number of sulfonamides is 1. The monoisotopic (exact) mass is 477 g/mol. The Labute approximate surface area is 194 Å². The molecule has 2 saturated heterocycles. The first-order valence-corrected chi connectivity index (χ1v) is 13.4. The number of rotatable bonds is 5. The van der Waals surface area contributed by atoms with Gasteiger partial charge in [0.2, 0.25) is 10.0 Å². The minimum Gasteiger partial charge on any atom is -0.371 e. The number of thiazole rings is 1. The van der Waals surface area contributed by atoms with Crippen LogP contribution in [0, 0.1) is 6.92 Å². The summed E-state index contributed by atoms with van der Waals surface area (Å²) in [5, 5.41) is 3.04. The quantitative estimate of drug-likeness (QED) is 0.659. The van der Waals surface area contributed by atoms with Crippen molar-refractivity contribution >= 4 is 38.1 Å². The van der Waals surface area contributed by atoms with Gasteiger partial charge >= 0.3 is 0 Å². The third-order valence-electron chi connectivity index (χ3n) is 6.08. The Balaban J connectivity index is 1.62. The highest BCUT2D eigenvalue weighted by atomic mass is 32.2. The molecule has 1 aromatic carbocycles. The van der Waals surface area contributed by atoms with E-state index in [0.717, 1.165) is 55.4 Å². The van der Waals surface area contributed by atoms with E-state index in [1.807, 2.05) is 17.2 Å². The van der Waals surface area contributed by atoms with Crippen LogP contribution >= 0.6 is 11.3 Å². The fraction of sp³-hybridized carbons (Fsp3) is 0.545. The molecule has 0 N–H and O–H groups in total. The van der Waals surface area contributed by atoms with Crippen molar-refractivity contribution < 1.29 is 13.2 Å². The average Bonchev–Trinajstić information content (AvgIpc) is 3.39. The molecule has 0 saturated carbocycles. The van der Waals surface area contributed by atoms with Crippen LogP contribution in [0.5, 0.6) is 0 Å². The van der Waals surface area contributed by atoms with Gasteiger partial charge in [0.15, 0.2) is 5.13 Å².